The van der Waals surface area contributed by atoms with E-state index in [1.54, 1.807) is 24.3 Å². The summed E-state index contributed by atoms with van der Waals surface area (Å²) in [4.78, 5) is 20.4. The lowest BCUT2D eigenvalue weighted by Gasteiger charge is -2.04. The molecule has 0 radical (unpaired) electrons. The molecule has 0 aromatic heterocycles. The zero-order valence-electron chi connectivity index (χ0n) is 9.96. The number of non-ortho nitro benzene ring substituents is 1. The molecule has 0 aliphatic rings. The summed E-state index contributed by atoms with van der Waals surface area (Å²) in [5.74, 6) is 0.533. The maximum absolute atomic E-state index is 10.9. The van der Waals surface area contributed by atoms with Crippen molar-refractivity contribution in [1.29, 1.82) is 0 Å². The number of rotatable bonds is 5. The van der Waals surface area contributed by atoms with E-state index in [0.717, 1.165) is 18.1 Å². The Bertz CT molecular complexity index is 648. The molecule has 0 saturated carbocycles. The van der Waals surface area contributed by atoms with Crippen molar-refractivity contribution in [3.05, 3.63) is 68.8 Å². The Morgan fingerprint density at radius 1 is 0.950 bits per heavy atom. The van der Waals surface area contributed by atoms with Gasteiger partial charge in [0.15, 0.2) is 0 Å². The zero-order valence-corrected chi connectivity index (χ0v) is 10.8. The van der Waals surface area contributed by atoms with Gasteiger partial charge in [0.2, 0.25) is 0 Å². The molecule has 7 nitrogen and oxygen atoms in total. The second kappa shape index (κ2) is 6.02. The summed E-state index contributed by atoms with van der Waals surface area (Å²) >= 11 is 0.785. The summed E-state index contributed by atoms with van der Waals surface area (Å²) in [6.45, 7) is 0. The molecular formula is C12H8N2O5S. The molecule has 2 rings (SSSR count). The van der Waals surface area contributed by atoms with E-state index in [1.165, 1.54) is 12.1 Å². The molecule has 0 aliphatic heterocycles. The van der Waals surface area contributed by atoms with Crippen LogP contribution in [0.25, 0.3) is 0 Å². The minimum Gasteiger partial charge on any atom is -0.420 e. The predicted molar refractivity (Wildman–Crippen MR) is 72.7 cm³/mol. The number of nitrogens with zero attached hydrogens (tertiary/aromatic N) is 2. The highest BCUT2D eigenvalue weighted by molar-refractivity contribution is 7.95. The minimum absolute atomic E-state index is 0.199. The van der Waals surface area contributed by atoms with Gasteiger partial charge in [0.25, 0.3) is 11.4 Å². The van der Waals surface area contributed by atoms with Gasteiger partial charge in [-0.15, -0.1) is 0 Å². The van der Waals surface area contributed by atoms with E-state index in [9.17, 15) is 20.2 Å². The summed E-state index contributed by atoms with van der Waals surface area (Å²) in [6.07, 6.45) is 0. The number of nitro groups is 2. The molecule has 102 valence electrons. The molecule has 0 amide bonds. The van der Waals surface area contributed by atoms with Crippen LogP contribution < -0.4 is 4.18 Å². The van der Waals surface area contributed by atoms with Crippen molar-refractivity contribution in [2.75, 3.05) is 0 Å². The van der Waals surface area contributed by atoms with Crippen LogP contribution in [0.5, 0.6) is 5.75 Å². The van der Waals surface area contributed by atoms with E-state index in [0.29, 0.717) is 5.75 Å². The standard InChI is InChI=1S/C12H8N2O5S/c15-13(16)9-6-7-12(11(8-9)14(17)18)20-19-10-4-2-1-3-5-10/h1-8H. The second-order valence-corrected chi connectivity index (χ2v) is 4.42. The molecule has 2 aromatic carbocycles. The smallest absolute Gasteiger partial charge is 0.293 e. The summed E-state index contributed by atoms with van der Waals surface area (Å²) in [7, 11) is 0. The first-order valence-corrected chi connectivity index (χ1v) is 6.14. The SMILES string of the molecule is O=[N+]([O-])c1ccc(SOc2ccccc2)c([N+](=O)[O-])c1. The van der Waals surface area contributed by atoms with E-state index in [1.807, 2.05) is 6.07 Å². The van der Waals surface area contributed by atoms with Gasteiger partial charge in [-0.1, -0.05) is 18.2 Å². The highest BCUT2D eigenvalue weighted by Gasteiger charge is 2.20. The fourth-order valence-corrected chi connectivity index (χ4v) is 2.04. The summed E-state index contributed by atoms with van der Waals surface area (Å²) < 4.78 is 5.33. The Balaban J connectivity index is 2.23. The van der Waals surface area contributed by atoms with Crippen LogP contribution in [-0.4, -0.2) is 9.85 Å². The average Bonchev–Trinajstić information content (AvgIpc) is 2.45. The fraction of sp³-hybridized carbons (Fsp3) is 0. The fourth-order valence-electron chi connectivity index (χ4n) is 1.40. The largest absolute Gasteiger partial charge is 0.420 e. The minimum atomic E-state index is -0.681. The maximum Gasteiger partial charge on any atom is 0.293 e. The van der Waals surface area contributed by atoms with Crippen LogP contribution in [-0.2, 0) is 0 Å². The lowest BCUT2D eigenvalue weighted by Crippen LogP contribution is -1.95. The van der Waals surface area contributed by atoms with E-state index in [4.69, 9.17) is 4.18 Å². The van der Waals surface area contributed by atoms with Gasteiger partial charge in [-0.2, -0.15) is 0 Å². The van der Waals surface area contributed by atoms with Crippen LogP contribution >= 0.6 is 12.0 Å². The molecular weight excluding hydrogens is 284 g/mol. The van der Waals surface area contributed by atoms with Crippen LogP contribution in [0.4, 0.5) is 11.4 Å². The maximum atomic E-state index is 10.9. The Morgan fingerprint density at radius 3 is 2.25 bits per heavy atom. The molecule has 0 fully saturated rings. The third-order valence-electron chi connectivity index (χ3n) is 2.32. The molecule has 0 aliphatic carbocycles. The van der Waals surface area contributed by atoms with Gasteiger partial charge >= 0.3 is 0 Å². The summed E-state index contributed by atoms with van der Waals surface area (Å²) in [6, 6.07) is 12.1. The lowest BCUT2D eigenvalue weighted by atomic mass is 10.3. The highest BCUT2D eigenvalue weighted by Crippen LogP contribution is 2.33. The van der Waals surface area contributed by atoms with E-state index in [-0.39, 0.29) is 16.3 Å². The highest BCUT2D eigenvalue weighted by atomic mass is 32.2. The monoisotopic (exact) mass is 292 g/mol. The molecule has 0 N–H and O–H groups in total. The molecule has 8 heteroatoms. The van der Waals surface area contributed by atoms with Crippen molar-refractivity contribution >= 4 is 23.4 Å². The van der Waals surface area contributed by atoms with Gasteiger partial charge in [-0.25, -0.2) is 0 Å². The van der Waals surface area contributed by atoms with Crippen LogP contribution in [0.15, 0.2) is 53.4 Å². The van der Waals surface area contributed by atoms with Crippen molar-refractivity contribution in [1.82, 2.24) is 0 Å². The predicted octanol–water partition coefficient (Wildman–Crippen LogP) is 3.59. The van der Waals surface area contributed by atoms with Crippen molar-refractivity contribution in [2.24, 2.45) is 0 Å². The Hall–Kier alpha value is -2.61. The van der Waals surface area contributed by atoms with Crippen molar-refractivity contribution in [2.45, 2.75) is 4.90 Å². The third-order valence-corrected chi connectivity index (χ3v) is 3.12. The summed E-state index contributed by atoms with van der Waals surface area (Å²) in [5, 5.41) is 21.5. The van der Waals surface area contributed by atoms with Crippen LogP contribution in [0, 0.1) is 20.2 Å². The summed E-state index contributed by atoms with van der Waals surface area (Å²) in [5.41, 5.74) is -0.694. The van der Waals surface area contributed by atoms with E-state index in [2.05, 4.69) is 0 Å². The van der Waals surface area contributed by atoms with E-state index >= 15 is 0 Å². The average molecular weight is 292 g/mol. The van der Waals surface area contributed by atoms with Gasteiger partial charge in [0.05, 0.1) is 28.0 Å². The Kier molecular flexibility index (Phi) is 4.16. The van der Waals surface area contributed by atoms with Gasteiger partial charge in [0, 0.05) is 6.07 Å². The van der Waals surface area contributed by atoms with Gasteiger partial charge < -0.3 is 4.18 Å². The first-order valence-electron chi connectivity index (χ1n) is 5.40. The number of benzene rings is 2. The zero-order chi connectivity index (χ0) is 14.5. The van der Waals surface area contributed by atoms with Gasteiger partial charge in [-0.3, -0.25) is 20.2 Å². The molecule has 0 atom stereocenters. The van der Waals surface area contributed by atoms with Gasteiger partial charge in [-0.05, 0) is 18.2 Å². The first kappa shape index (κ1) is 13.8. The molecule has 0 spiro atoms. The lowest BCUT2D eigenvalue weighted by molar-refractivity contribution is -0.396. The van der Waals surface area contributed by atoms with Crippen LogP contribution in [0.2, 0.25) is 0 Å². The van der Waals surface area contributed by atoms with Crippen molar-refractivity contribution in [3.8, 4) is 5.75 Å². The molecule has 0 saturated heterocycles. The number of para-hydroxylation sites is 1. The molecule has 0 bridgehead atoms. The van der Waals surface area contributed by atoms with Crippen LogP contribution in [0.1, 0.15) is 0 Å². The topological polar surface area (TPSA) is 95.5 Å². The molecule has 0 unspecified atom stereocenters. The van der Waals surface area contributed by atoms with Crippen molar-refractivity contribution < 1.29 is 14.0 Å². The first-order chi connectivity index (χ1) is 9.58. The molecule has 0 heterocycles. The van der Waals surface area contributed by atoms with Gasteiger partial charge in [0.1, 0.15) is 10.6 Å². The Morgan fingerprint density at radius 2 is 1.65 bits per heavy atom. The molecule has 2 aromatic rings. The van der Waals surface area contributed by atoms with Crippen LogP contribution in [0.3, 0.4) is 0 Å². The normalized spacial score (nSPS) is 10.0. The Labute approximate surface area is 117 Å². The number of nitro benzene ring substituents is 2. The quantitative estimate of drug-likeness (QED) is 0.474. The number of hydrogen-bond donors (Lipinski definition) is 0. The van der Waals surface area contributed by atoms with Crippen molar-refractivity contribution in [3.63, 3.8) is 0 Å². The number of hydrogen-bond acceptors (Lipinski definition) is 6. The third kappa shape index (κ3) is 3.23. The molecule has 20 heavy (non-hydrogen) atoms. The second-order valence-electron chi connectivity index (χ2n) is 3.65. The van der Waals surface area contributed by atoms with E-state index < -0.39 is 9.85 Å².